The molecule has 0 aromatic heterocycles. The molecule has 96 valence electrons. The zero-order valence-corrected chi connectivity index (χ0v) is 11.3. The molecule has 1 aliphatic carbocycles. The van der Waals surface area contributed by atoms with E-state index in [1.54, 1.807) is 7.11 Å². The second-order valence-electron chi connectivity index (χ2n) is 4.76. The largest absolute Gasteiger partial charge is 0.497 e. The summed E-state index contributed by atoms with van der Waals surface area (Å²) in [6, 6.07) is 6.31. The maximum absolute atomic E-state index is 5.62. The third kappa shape index (κ3) is 2.42. The summed E-state index contributed by atoms with van der Waals surface area (Å²) in [6.07, 6.45) is 3.79. The van der Waals surface area contributed by atoms with E-state index in [-0.39, 0.29) is 6.10 Å². The maximum atomic E-state index is 5.62. The lowest BCUT2D eigenvalue weighted by Crippen LogP contribution is -2.08. The highest BCUT2D eigenvalue weighted by Gasteiger charge is 2.25. The summed E-state index contributed by atoms with van der Waals surface area (Å²) < 4.78 is 11.0. The van der Waals surface area contributed by atoms with Gasteiger partial charge in [0.1, 0.15) is 11.9 Å². The van der Waals surface area contributed by atoms with Crippen LogP contribution in [0.2, 0.25) is 0 Å². The molecule has 2 heteroatoms. The molecule has 0 unspecified atom stereocenters. The van der Waals surface area contributed by atoms with Crippen LogP contribution in [0.4, 0.5) is 0 Å². The Hall–Kier alpha value is -1.70. The second kappa shape index (κ2) is 5.30. The van der Waals surface area contributed by atoms with Gasteiger partial charge in [0.2, 0.25) is 0 Å². The van der Waals surface area contributed by atoms with Crippen LogP contribution >= 0.6 is 0 Å². The summed E-state index contributed by atoms with van der Waals surface area (Å²) in [5.74, 6) is 0.898. The minimum Gasteiger partial charge on any atom is -0.497 e. The van der Waals surface area contributed by atoms with Crippen molar-refractivity contribution >= 4 is 5.57 Å². The highest BCUT2D eigenvalue weighted by Crippen LogP contribution is 2.37. The Morgan fingerprint density at radius 1 is 1.28 bits per heavy atom. The minimum atomic E-state index is 0.133. The number of hydrogen-bond acceptors (Lipinski definition) is 2. The van der Waals surface area contributed by atoms with Crippen molar-refractivity contribution in [2.75, 3.05) is 7.11 Å². The first-order chi connectivity index (χ1) is 8.65. The van der Waals surface area contributed by atoms with Gasteiger partial charge in [-0.3, -0.25) is 0 Å². The highest BCUT2D eigenvalue weighted by atomic mass is 16.5. The molecule has 0 heterocycles. The Labute approximate surface area is 109 Å². The van der Waals surface area contributed by atoms with Crippen molar-refractivity contribution in [1.29, 1.82) is 0 Å². The van der Waals surface area contributed by atoms with Crippen LogP contribution < -0.4 is 4.74 Å². The van der Waals surface area contributed by atoms with E-state index in [1.165, 1.54) is 28.5 Å². The number of methoxy groups -OCH3 is 1. The van der Waals surface area contributed by atoms with Crippen molar-refractivity contribution in [2.45, 2.75) is 32.8 Å². The van der Waals surface area contributed by atoms with Crippen LogP contribution in [0.3, 0.4) is 0 Å². The molecule has 18 heavy (non-hydrogen) atoms. The third-order valence-corrected chi connectivity index (χ3v) is 3.42. The van der Waals surface area contributed by atoms with Gasteiger partial charge in [0.25, 0.3) is 0 Å². The first-order valence-corrected chi connectivity index (χ1v) is 6.27. The number of rotatable bonds is 4. The average Bonchev–Trinajstić information content (AvgIpc) is 2.70. The zero-order valence-electron chi connectivity index (χ0n) is 11.3. The van der Waals surface area contributed by atoms with Gasteiger partial charge < -0.3 is 9.47 Å². The van der Waals surface area contributed by atoms with E-state index in [2.05, 4.69) is 32.6 Å². The van der Waals surface area contributed by atoms with Crippen molar-refractivity contribution < 1.29 is 9.47 Å². The molecule has 0 saturated carbocycles. The summed E-state index contributed by atoms with van der Waals surface area (Å²) in [4.78, 5) is 0. The lowest BCUT2D eigenvalue weighted by Gasteiger charge is -2.16. The van der Waals surface area contributed by atoms with E-state index in [0.29, 0.717) is 0 Å². The zero-order chi connectivity index (χ0) is 13.1. The SMILES string of the molecule is C=CO[C@H]1CCC(C)=C1c1cc(C)cc(OC)c1. The number of allylic oxidation sites excluding steroid dienone is 1. The molecule has 0 amide bonds. The van der Waals surface area contributed by atoms with Crippen molar-refractivity contribution in [2.24, 2.45) is 0 Å². The summed E-state index contributed by atoms with van der Waals surface area (Å²) in [7, 11) is 1.70. The second-order valence-corrected chi connectivity index (χ2v) is 4.76. The molecule has 2 rings (SSSR count). The van der Waals surface area contributed by atoms with Crippen LogP contribution in [-0.2, 0) is 4.74 Å². The van der Waals surface area contributed by atoms with Gasteiger partial charge >= 0.3 is 0 Å². The van der Waals surface area contributed by atoms with Gasteiger partial charge in [0.05, 0.1) is 13.4 Å². The van der Waals surface area contributed by atoms with Crippen LogP contribution in [0.1, 0.15) is 30.9 Å². The molecule has 1 atom stereocenters. The van der Waals surface area contributed by atoms with Crippen molar-refractivity contribution in [3.63, 3.8) is 0 Å². The summed E-state index contributed by atoms with van der Waals surface area (Å²) in [6.45, 7) is 7.92. The first kappa shape index (κ1) is 12.7. The fourth-order valence-corrected chi connectivity index (χ4v) is 2.61. The van der Waals surface area contributed by atoms with E-state index in [1.807, 2.05) is 6.07 Å². The lowest BCUT2D eigenvalue weighted by atomic mass is 9.98. The van der Waals surface area contributed by atoms with Gasteiger partial charge in [0.15, 0.2) is 0 Å². The molecule has 1 aromatic carbocycles. The molecule has 0 spiro atoms. The van der Waals surface area contributed by atoms with Crippen LogP contribution in [0, 0.1) is 6.92 Å². The van der Waals surface area contributed by atoms with Gasteiger partial charge in [-0.1, -0.05) is 18.2 Å². The van der Waals surface area contributed by atoms with Crippen molar-refractivity contribution in [1.82, 2.24) is 0 Å². The van der Waals surface area contributed by atoms with Crippen LogP contribution in [-0.4, -0.2) is 13.2 Å². The Kier molecular flexibility index (Phi) is 3.75. The van der Waals surface area contributed by atoms with E-state index in [0.717, 1.165) is 18.6 Å². The number of aryl methyl sites for hydroxylation is 1. The molecule has 0 aliphatic heterocycles. The molecular formula is C16H20O2. The normalized spacial score (nSPS) is 18.9. The van der Waals surface area contributed by atoms with E-state index < -0.39 is 0 Å². The fraction of sp³-hybridized carbons (Fsp3) is 0.375. The minimum absolute atomic E-state index is 0.133. The van der Waals surface area contributed by atoms with Gasteiger partial charge in [-0.15, -0.1) is 0 Å². The van der Waals surface area contributed by atoms with Gasteiger partial charge in [-0.2, -0.15) is 0 Å². The molecule has 0 fully saturated rings. The Balaban J connectivity index is 2.43. The highest BCUT2D eigenvalue weighted by molar-refractivity contribution is 5.75. The monoisotopic (exact) mass is 244 g/mol. The quantitative estimate of drug-likeness (QED) is 0.742. The van der Waals surface area contributed by atoms with Gasteiger partial charge in [-0.25, -0.2) is 0 Å². The van der Waals surface area contributed by atoms with Crippen molar-refractivity contribution in [3.8, 4) is 5.75 Å². The molecule has 1 aromatic rings. The fourth-order valence-electron chi connectivity index (χ4n) is 2.61. The van der Waals surface area contributed by atoms with Crippen LogP contribution in [0.15, 0.2) is 36.6 Å². The Bertz CT molecular complexity index is 486. The van der Waals surface area contributed by atoms with Crippen molar-refractivity contribution in [3.05, 3.63) is 47.7 Å². The molecule has 0 bridgehead atoms. The van der Waals surface area contributed by atoms with Gasteiger partial charge in [-0.05, 0) is 55.5 Å². The van der Waals surface area contributed by atoms with Gasteiger partial charge in [0, 0.05) is 0 Å². The molecule has 0 saturated heterocycles. The average molecular weight is 244 g/mol. The van der Waals surface area contributed by atoms with E-state index >= 15 is 0 Å². The summed E-state index contributed by atoms with van der Waals surface area (Å²) in [5.41, 5.74) is 5.09. The first-order valence-electron chi connectivity index (χ1n) is 6.27. The van der Waals surface area contributed by atoms with E-state index in [4.69, 9.17) is 9.47 Å². The molecule has 0 N–H and O–H groups in total. The summed E-state index contributed by atoms with van der Waals surface area (Å²) >= 11 is 0. The third-order valence-electron chi connectivity index (χ3n) is 3.42. The number of benzene rings is 1. The lowest BCUT2D eigenvalue weighted by molar-refractivity contribution is 0.195. The summed E-state index contributed by atoms with van der Waals surface area (Å²) in [5, 5.41) is 0. The molecule has 2 nitrogen and oxygen atoms in total. The van der Waals surface area contributed by atoms with Crippen LogP contribution in [0.5, 0.6) is 5.75 Å². The predicted octanol–water partition coefficient (Wildman–Crippen LogP) is 4.10. The standard InChI is InChI=1S/C16H20O2/c1-5-18-15-7-6-12(3)16(15)13-8-11(2)9-14(10-13)17-4/h5,8-10,15H,1,6-7H2,2-4H3/t15-/m0/s1. The molecular weight excluding hydrogens is 224 g/mol. The predicted molar refractivity (Wildman–Crippen MR) is 74.6 cm³/mol. The molecule has 0 radical (unpaired) electrons. The maximum Gasteiger partial charge on any atom is 0.124 e. The Morgan fingerprint density at radius 2 is 2.06 bits per heavy atom. The number of hydrogen-bond donors (Lipinski definition) is 0. The topological polar surface area (TPSA) is 18.5 Å². The smallest absolute Gasteiger partial charge is 0.124 e. The molecule has 1 aliphatic rings. The van der Waals surface area contributed by atoms with Crippen LogP contribution in [0.25, 0.3) is 5.57 Å². The number of ether oxygens (including phenoxy) is 2. The Morgan fingerprint density at radius 3 is 2.72 bits per heavy atom. The van der Waals surface area contributed by atoms with E-state index in [9.17, 15) is 0 Å².